The minimum atomic E-state index is -0.399. The first-order chi connectivity index (χ1) is 9.41. The number of amides is 2. The minimum absolute atomic E-state index is 0.161. The molecule has 2 heterocycles. The van der Waals surface area contributed by atoms with Crippen LogP contribution in [0, 0.1) is 5.41 Å². The lowest BCUT2D eigenvalue weighted by molar-refractivity contribution is -0.131. The van der Waals surface area contributed by atoms with Gasteiger partial charge in [0.15, 0.2) is 5.01 Å². The largest absolute Gasteiger partial charge is 0.337 e. The number of rotatable bonds is 3. The molecule has 2 rings (SSSR count). The number of hydrogen-bond acceptors (Lipinski definition) is 5. The lowest BCUT2D eigenvalue weighted by Gasteiger charge is -2.22. The first-order valence-corrected chi connectivity index (χ1v) is 7.52. The highest BCUT2D eigenvalue weighted by Crippen LogP contribution is 2.30. The molecule has 0 unspecified atom stereocenters. The highest BCUT2D eigenvalue weighted by atomic mass is 32.1. The van der Waals surface area contributed by atoms with Crippen LogP contribution in [0.5, 0.6) is 0 Å². The lowest BCUT2D eigenvalue weighted by atomic mass is 9.85. The van der Waals surface area contributed by atoms with E-state index in [-0.39, 0.29) is 11.3 Å². The molecule has 110 valence electrons. The van der Waals surface area contributed by atoms with E-state index in [2.05, 4.69) is 24.3 Å². The summed E-state index contributed by atoms with van der Waals surface area (Å²) in [6, 6.07) is 0. The Morgan fingerprint density at radius 1 is 1.55 bits per heavy atom. The van der Waals surface area contributed by atoms with Crippen LogP contribution in [0.25, 0.3) is 0 Å². The monoisotopic (exact) mass is 296 g/mol. The van der Waals surface area contributed by atoms with E-state index in [1.807, 2.05) is 4.90 Å². The number of aromatic nitrogens is 1. The van der Waals surface area contributed by atoms with E-state index >= 15 is 0 Å². The fourth-order valence-corrected chi connectivity index (χ4v) is 2.91. The SMILES string of the molecule is CC1(C)CCC(=O)N(Cc2csc(C(=O)NN)n2)CC1. The summed E-state index contributed by atoms with van der Waals surface area (Å²) in [6.45, 7) is 5.58. The lowest BCUT2D eigenvalue weighted by Crippen LogP contribution is -2.31. The maximum absolute atomic E-state index is 12.1. The van der Waals surface area contributed by atoms with Crippen LogP contribution in [-0.4, -0.2) is 28.2 Å². The molecular formula is C13H20N4O2S. The predicted octanol–water partition coefficient (Wildman–Crippen LogP) is 1.29. The van der Waals surface area contributed by atoms with Crippen LogP contribution in [0.3, 0.4) is 0 Å². The third kappa shape index (κ3) is 3.55. The van der Waals surface area contributed by atoms with Gasteiger partial charge >= 0.3 is 0 Å². The van der Waals surface area contributed by atoms with Crippen LogP contribution in [-0.2, 0) is 11.3 Å². The van der Waals surface area contributed by atoms with Crippen molar-refractivity contribution in [1.82, 2.24) is 15.3 Å². The van der Waals surface area contributed by atoms with Gasteiger partial charge in [0, 0.05) is 18.3 Å². The number of likely N-dealkylation sites (tertiary alicyclic amines) is 1. The van der Waals surface area contributed by atoms with Gasteiger partial charge in [0.25, 0.3) is 5.91 Å². The van der Waals surface area contributed by atoms with Crippen molar-refractivity contribution in [3.05, 3.63) is 16.1 Å². The molecule has 0 aromatic carbocycles. The predicted molar refractivity (Wildman–Crippen MR) is 76.8 cm³/mol. The van der Waals surface area contributed by atoms with Gasteiger partial charge in [0.05, 0.1) is 12.2 Å². The van der Waals surface area contributed by atoms with Crippen LogP contribution >= 0.6 is 11.3 Å². The first-order valence-electron chi connectivity index (χ1n) is 6.64. The second-order valence-corrected chi connectivity index (χ2v) is 6.71. The average molecular weight is 296 g/mol. The van der Waals surface area contributed by atoms with Crippen molar-refractivity contribution in [2.24, 2.45) is 11.3 Å². The molecule has 6 nitrogen and oxygen atoms in total. The molecule has 7 heteroatoms. The van der Waals surface area contributed by atoms with Gasteiger partial charge in [0.2, 0.25) is 5.91 Å². The second kappa shape index (κ2) is 5.88. The van der Waals surface area contributed by atoms with Crippen molar-refractivity contribution >= 4 is 23.2 Å². The standard InChI is InChI=1S/C13H20N4O2S/c1-13(2)4-3-10(18)17(6-5-13)7-9-8-20-12(15-9)11(19)16-14/h8H,3-7,14H2,1-2H3,(H,16,19). The Balaban J connectivity index is 2.03. The van der Waals surface area contributed by atoms with Crippen LogP contribution in [0.15, 0.2) is 5.38 Å². The number of carbonyl (C=O) groups is 2. The minimum Gasteiger partial charge on any atom is -0.337 e. The summed E-state index contributed by atoms with van der Waals surface area (Å²) in [6.07, 6.45) is 2.48. The third-order valence-corrected chi connectivity index (χ3v) is 4.55. The fourth-order valence-electron chi connectivity index (χ4n) is 2.20. The number of hydrazine groups is 1. The molecule has 1 saturated heterocycles. The molecular weight excluding hydrogens is 276 g/mol. The van der Waals surface area contributed by atoms with Crippen LogP contribution in [0.4, 0.5) is 0 Å². The molecule has 0 bridgehead atoms. The smallest absolute Gasteiger partial charge is 0.294 e. The fraction of sp³-hybridized carbons (Fsp3) is 0.615. The summed E-state index contributed by atoms with van der Waals surface area (Å²) in [5.41, 5.74) is 3.00. The van der Waals surface area contributed by atoms with Gasteiger partial charge in [-0.05, 0) is 18.3 Å². The maximum atomic E-state index is 12.1. The highest BCUT2D eigenvalue weighted by molar-refractivity contribution is 7.11. The van der Waals surface area contributed by atoms with E-state index in [4.69, 9.17) is 5.84 Å². The Morgan fingerprint density at radius 2 is 2.30 bits per heavy atom. The number of carbonyl (C=O) groups excluding carboxylic acids is 2. The number of nitrogen functional groups attached to an aromatic ring is 1. The van der Waals surface area contributed by atoms with Gasteiger partial charge in [0.1, 0.15) is 0 Å². The molecule has 0 saturated carbocycles. The number of nitrogens with one attached hydrogen (secondary N) is 1. The van der Waals surface area contributed by atoms with Gasteiger partial charge in [-0.25, -0.2) is 10.8 Å². The Bertz CT molecular complexity index is 512. The zero-order chi connectivity index (χ0) is 14.8. The molecule has 1 fully saturated rings. The van der Waals surface area contributed by atoms with Crippen molar-refractivity contribution < 1.29 is 9.59 Å². The molecule has 3 N–H and O–H groups in total. The summed E-state index contributed by atoms with van der Waals surface area (Å²) < 4.78 is 0. The van der Waals surface area contributed by atoms with E-state index in [1.165, 1.54) is 11.3 Å². The Morgan fingerprint density at radius 3 is 3.00 bits per heavy atom. The summed E-state index contributed by atoms with van der Waals surface area (Å²) in [5, 5.41) is 2.12. The molecule has 1 aliphatic rings. The molecule has 20 heavy (non-hydrogen) atoms. The van der Waals surface area contributed by atoms with E-state index < -0.39 is 5.91 Å². The van der Waals surface area contributed by atoms with Gasteiger partial charge in [-0.1, -0.05) is 13.8 Å². The summed E-state index contributed by atoms with van der Waals surface area (Å²) in [7, 11) is 0. The summed E-state index contributed by atoms with van der Waals surface area (Å²) >= 11 is 1.24. The Kier molecular flexibility index (Phi) is 4.39. The molecule has 0 radical (unpaired) electrons. The molecule has 1 aliphatic heterocycles. The molecule has 1 aromatic rings. The molecule has 0 aliphatic carbocycles. The Hall–Kier alpha value is -1.47. The van der Waals surface area contributed by atoms with Crippen molar-refractivity contribution in [2.75, 3.05) is 6.54 Å². The van der Waals surface area contributed by atoms with E-state index in [0.717, 1.165) is 25.1 Å². The van der Waals surface area contributed by atoms with Crippen molar-refractivity contribution in [2.45, 2.75) is 39.7 Å². The zero-order valence-electron chi connectivity index (χ0n) is 11.8. The molecule has 2 amide bonds. The number of hydrogen-bond donors (Lipinski definition) is 2. The van der Waals surface area contributed by atoms with E-state index in [1.54, 1.807) is 5.38 Å². The van der Waals surface area contributed by atoms with Gasteiger partial charge < -0.3 is 4.90 Å². The molecule has 0 atom stereocenters. The average Bonchev–Trinajstić information content (AvgIpc) is 2.83. The van der Waals surface area contributed by atoms with Gasteiger partial charge in [-0.3, -0.25) is 15.0 Å². The number of nitrogens with two attached hydrogens (primary N) is 1. The highest BCUT2D eigenvalue weighted by Gasteiger charge is 2.27. The van der Waals surface area contributed by atoms with E-state index in [0.29, 0.717) is 18.0 Å². The normalized spacial score (nSPS) is 18.8. The third-order valence-electron chi connectivity index (χ3n) is 3.66. The molecule has 0 spiro atoms. The molecule has 1 aromatic heterocycles. The van der Waals surface area contributed by atoms with Crippen molar-refractivity contribution in [3.63, 3.8) is 0 Å². The quantitative estimate of drug-likeness (QED) is 0.500. The van der Waals surface area contributed by atoms with Crippen LogP contribution in [0.2, 0.25) is 0 Å². The maximum Gasteiger partial charge on any atom is 0.294 e. The zero-order valence-corrected chi connectivity index (χ0v) is 12.6. The van der Waals surface area contributed by atoms with Crippen molar-refractivity contribution in [1.29, 1.82) is 0 Å². The number of nitrogens with zero attached hydrogens (tertiary/aromatic N) is 2. The summed E-state index contributed by atoms with van der Waals surface area (Å²) in [5.74, 6) is 4.83. The van der Waals surface area contributed by atoms with Crippen LogP contribution < -0.4 is 11.3 Å². The first kappa shape index (κ1) is 14.9. The van der Waals surface area contributed by atoms with Gasteiger partial charge in [-0.15, -0.1) is 11.3 Å². The van der Waals surface area contributed by atoms with Crippen molar-refractivity contribution in [3.8, 4) is 0 Å². The van der Waals surface area contributed by atoms with E-state index in [9.17, 15) is 9.59 Å². The van der Waals surface area contributed by atoms with Crippen LogP contribution in [0.1, 0.15) is 48.6 Å². The topological polar surface area (TPSA) is 88.3 Å². The number of thiazole rings is 1. The summed E-state index contributed by atoms with van der Waals surface area (Å²) in [4.78, 5) is 29.5. The second-order valence-electron chi connectivity index (χ2n) is 5.85. The Labute approximate surface area is 122 Å². The van der Waals surface area contributed by atoms with Gasteiger partial charge in [-0.2, -0.15) is 0 Å².